The van der Waals surface area contributed by atoms with E-state index in [-0.39, 0.29) is 35.9 Å². The topological polar surface area (TPSA) is 53.9 Å². The Labute approximate surface area is 162 Å². The van der Waals surface area contributed by atoms with E-state index in [9.17, 15) is 18.0 Å². The molecule has 0 fully saturated rings. The van der Waals surface area contributed by atoms with Crippen molar-refractivity contribution in [1.29, 1.82) is 0 Å². The van der Waals surface area contributed by atoms with E-state index in [1.807, 2.05) is 0 Å². The summed E-state index contributed by atoms with van der Waals surface area (Å²) in [7, 11) is 4.68. The number of hydrogen-bond acceptors (Lipinski definition) is 3. The van der Waals surface area contributed by atoms with Gasteiger partial charge in [-0.3, -0.25) is 9.79 Å². The number of hydrogen-bond donors (Lipinski definition) is 1. The normalized spacial score (nSPS) is 12.8. The van der Waals surface area contributed by atoms with E-state index in [2.05, 4.69) is 15.0 Å². The summed E-state index contributed by atoms with van der Waals surface area (Å²) in [5.74, 6) is -0.139. The molecule has 0 aromatic heterocycles. The number of rotatable bonds is 5. The maximum absolute atomic E-state index is 12.6. The van der Waals surface area contributed by atoms with Crippen LogP contribution in [0.1, 0.15) is 18.1 Å². The molecule has 1 N–H and O–H groups in total. The lowest BCUT2D eigenvalue weighted by Gasteiger charge is -2.23. The van der Waals surface area contributed by atoms with Gasteiger partial charge in [-0.15, -0.1) is 24.0 Å². The van der Waals surface area contributed by atoms with Crippen molar-refractivity contribution in [1.82, 2.24) is 10.2 Å². The molecule has 25 heavy (non-hydrogen) atoms. The van der Waals surface area contributed by atoms with Crippen LogP contribution in [0.2, 0.25) is 0 Å². The predicted octanol–water partition coefficient (Wildman–Crippen LogP) is 3.14. The number of nitrogens with zero attached hydrogens (tertiary/aromatic N) is 2. The molecule has 142 valence electrons. The van der Waals surface area contributed by atoms with Gasteiger partial charge in [-0.2, -0.15) is 13.2 Å². The lowest BCUT2D eigenvalue weighted by molar-refractivity contribution is -0.144. The van der Waals surface area contributed by atoms with Gasteiger partial charge in [0.2, 0.25) is 0 Å². The highest BCUT2D eigenvalue weighted by atomic mass is 127. The number of esters is 1. The van der Waals surface area contributed by atoms with E-state index in [0.717, 1.165) is 17.7 Å². The van der Waals surface area contributed by atoms with E-state index in [0.29, 0.717) is 19.0 Å². The minimum atomic E-state index is -4.34. The van der Waals surface area contributed by atoms with Gasteiger partial charge >= 0.3 is 12.1 Å². The van der Waals surface area contributed by atoms with E-state index in [1.165, 1.54) is 19.2 Å². The van der Waals surface area contributed by atoms with Gasteiger partial charge in [0.15, 0.2) is 5.96 Å². The molecule has 0 bridgehead atoms. The second-order valence-corrected chi connectivity index (χ2v) is 5.40. The molecule has 0 spiro atoms. The molecular formula is C16H23F3IN3O2. The van der Waals surface area contributed by atoms with Gasteiger partial charge < -0.3 is 15.0 Å². The summed E-state index contributed by atoms with van der Waals surface area (Å²) in [6, 6.07) is 4.98. The van der Waals surface area contributed by atoms with Crippen LogP contribution in [0, 0.1) is 5.92 Å². The molecule has 0 radical (unpaired) electrons. The Kier molecular flexibility index (Phi) is 9.83. The Morgan fingerprint density at radius 1 is 1.32 bits per heavy atom. The van der Waals surface area contributed by atoms with Crippen molar-refractivity contribution in [3.8, 4) is 0 Å². The zero-order valence-corrected chi connectivity index (χ0v) is 16.9. The first kappa shape index (κ1) is 23.5. The third kappa shape index (κ3) is 7.49. The van der Waals surface area contributed by atoms with E-state index < -0.39 is 11.7 Å². The van der Waals surface area contributed by atoms with E-state index >= 15 is 0 Å². The van der Waals surface area contributed by atoms with Crippen molar-refractivity contribution in [3.63, 3.8) is 0 Å². The number of carbonyl (C=O) groups excluding carboxylic acids is 1. The standard InChI is InChI=1S/C16H22F3N3O2.HI/c1-11(14(23)24-4)9-21-15(20-2)22(3)10-12-5-7-13(8-6-12)16(17,18)19;/h5-8,11H,9-10H2,1-4H3,(H,20,21);1H. The second kappa shape index (κ2) is 10.5. The van der Waals surface area contributed by atoms with Crippen LogP contribution in [0.15, 0.2) is 29.3 Å². The Bertz CT molecular complexity index is 577. The monoisotopic (exact) mass is 473 g/mol. The summed E-state index contributed by atoms with van der Waals surface area (Å²) in [4.78, 5) is 17.2. The van der Waals surface area contributed by atoms with Crippen molar-refractivity contribution in [2.45, 2.75) is 19.6 Å². The fraction of sp³-hybridized carbons (Fsp3) is 0.500. The van der Waals surface area contributed by atoms with E-state index in [4.69, 9.17) is 0 Å². The molecule has 1 unspecified atom stereocenters. The van der Waals surface area contributed by atoms with Crippen LogP contribution in [0.4, 0.5) is 13.2 Å². The quantitative estimate of drug-likeness (QED) is 0.309. The molecule has 1 rings (SSSR count). The molecule has 1 aromatic rings. The highest BCUT2D eigenvalue weighted by Gasteiger charge is 2.29. The van der Waals surface area contributed by atoms with E-state index in [1.54, 1.807) is 25.9 Å². The van der Waals surface area contributed by atoms with Gasteiger partial charge in [0.1, 0.15) is 0 Å². The second-order valence-electron chi connectivity index (χ2n) is 5.40. The fourth-order valence-corrected chi connectivity index (χ4v) is 2.06. The molecule has 0 aliphatic carbocycles. The summed E-state index contributed by atoms with van der Waals surface area (Å²) in [6.45, 7) is 2.45. The van der Waals surface area contributed by atoms with Crippen molar-refractivity contribution in [2.24, 2.45) is 10.9 Å². The number of aliphatic imine (C=N–C) groups is 1. The van der Waals surface area contributed by atoms with Gasteiger partial charge in [0.05, 0.1) is 18.6 Å². The third-order valence-electron chi connectivity index (χ3n) is 3.44. The molecule has 0 aliphatic rings. The lowest BCUT2D eigenvalue weighted by Crippen LogP contribution is -2.41. The molecule has 5 nitrogen and oxygen atoms in total. The number of benzene rings is 1. The van der Waals surface area contributed by atoms with Crippen LogP contribution in [0.3, 0.4) is 0 Å². The smallest absolute Gasteiger partial charge is 0.416 e. The highest BCUT2D eigenvalue weighted by Crippen LogP contribution is 2.29. The van der Waals surface area contributed by atoms with Gasteiger partial charge in [-0.05, 0) is 17.7 Å². The minimum Gasteiger partial charge on any atom is -0.469 e. The van der Waals surface area contributed by atoms with Crippen LogP contribution in [0.25, 0.3) is 0 Å². The SMILES string of the molecule is CN=C(NCC(C)C(=O)OC)N(C)Cc1ccc(C(F)(F)F)cc1.I. The molecule has 0 amide bonds. The Morgan fingerprint density at radius 3 is 2.32 bits per heavy atom. The molecule has 1 aromatic carbocycles. The molecule has 1 atom stereocenters. The summed E-state index contributed by atoms with van der Waals surface area (Å²) >= 11 is 0. The number of ether oxygens (including phenoxy) is 1. The molecule has 0 saturated carbocycles. The molecule has 0 aliphatic heterocycles. The summed E-state index contributed by atoms with van der Waals surface area (Å²) < 4.78 is 42.3. The van der Waals surface area contributed by atoms with Crippen molar-refractivity contribution < 1.29 is 22.7 Å². The molecule has 0 heterocycles. The van der Waals surface area contributed by atoms with Crippen LogP contribution < -0.4 is 5.32 Å². The van der Waals surface area contributed by atoms with Crippen LogP contribution in [-0.2, 0) is 22.3 Å². The predicted molar refractivity (Wildman–Crippen MR) is 101 cm³/mol. The molecular weight excluding hydrogens is 450 g/mol. The first-order chi connectivity index (χ1) is 11.2. The first-order valence-corrected chi connectivity index (χ1v) is 7.34. The fourth-order valence-electron chi connectivity index (χ4n) is 2.06. The van der Waals surface area contributed by atoms with Crippen molar-refractivity contribution >= 4 is 35.9 Å². The maximum Gasteiger partial charge on any atom is 0.416 e. The Hall–Kier alpha value is -1.52. The van der Waals surface area contributed by atoms with Crippen molar-refractivity contribution in [2.75, 3.05) is 27.7 Å². The number of halogens is 4. The largest absolute Gasteiger partial charge is 0.469 e. The Morgan fingerprint density at radius 2 is 1.88 bits per heavy atom. The van der Waals surface area contributed by atoms with Crippen LogP contribution in [-0.4, -0.2) is 44.6 Å². The average molecular weight is 473 g/mol. The number of alkyl halides is 3. The summed E-state index contributed by atoms with van der Waals surface area (Å²) in [5, 5.41) is 3.04. The number of guanidine groups is 1. The van der Waals surface area contributed by atoms with Crippen LogP contribution >= 0.6 is 24.0 Å². The minimum absolute atomic E-state index is 0. The molecule has 9 heteroatoms. The average Bonchev–Trinajstić information content (AvgIpc) is 2.54. The van der Waals surface area contributed by atoms with Gasteiger partial charge in [-0.1, -0.05) is 19.1 Å². The lowest BCUT2D eigenvalue weighted by atomic mass is 10.1. The maximum atomic E-state index is 12.6. The zero-order valence-electron chi connectivity index (χ0n) is 14.6. The highest BCUT2D eigenvalue weighted by molar-refractivity contribution is 14.0. The number of methoxy groups -OCH3 is 1. The first-order valence-electron chi connectivity index (χ1n) is 7.34. The number of carbonyl (C=O) groups is 1. The molecule has 0 saturated heterocycles. The Balaban J connectivity index is 0.00000576. The third-order valence-corrected chi connectivity index (χ3v) is 3.44. The number of nitrogens with one attached hydrogen (secondary N) is 1. The van der Waals surface area contributed by atoms with Crippen molar-refractivity contribution in [3.05, 3.63) is 35.4 Å². The van der Waals surface area contributed by atoms with Gasteiger partial charge in [-0.25, -0.2) is 0 Å². The zero-order chi connectivity index (χ0) is 18.3. The van der Waals surface area contributed by atoms with Gasteiger partial charge in [0.25, 0.3) is 0 Å². The van der Waals surface area contributed by atoms with Crippen LogP contribution in [0.5, 0.6) is 0 Å². The summed E-state index contributed by atoms with van der Waals surface area (Å²) in [6.07, 6.45) is -4.34. The van der Waals surface area contributed by atoms with Gasteiger partial charge in [0, 0.05) is 27.2 Å². The summed E-state index contributed by atoms with van der Waals surface area (Å²) in [5.41, 5.74) is 0.0396.